The fraction of sp³-hybridized carbons (Fsp3) is 0.294. The van der Waals surface area contributed by atoms with Crippen LogP contribution in [0.1, 0.15) is 20.3 Å². The molecule has 0 amide bonds. The smallest absolute Gasteiger partial charge is 0.417 e. The number of rotatable bonds is 10. The second-order valence-corrected chi connectivity index (χ2v) is 12.4. The van der Waals surface area contributed by atoms with E-state index < -0.39 is 16.9 Å². The Bertz CT molecular complexity index is 999. The number of halogens is 3. The monoisotopic (exact) mass is 518 g/mol. The van der Waals surface area contributed by atoms with Crippen LogP contribution in [0, 0.1) is 0 Å². The molecule has 2 aromatic rings. The third kappa shape index (κ3) is 6.96. The summed E-state index contributed by atoms with van der Waals surface area (Å²) >= 11 is 18.8. The molecule has 0 saturated carbocycles. The molecule has 29 heavy (non-hydrogen) atoms. The summed E-state index contributed by atoms with van der Waals surface area (Å²) in [6, 6.07) is 7.75. The number of benzene rings is 2. The Labute approximate surface area is 189 Å². The van der Waals surface area contributed by atoms with Crippen LogP contribution < -0.4 is 8.71 Å². The third-order valence-corrected chi connectivity index (χ3v) is 9.46. The zero-order chi connectivity index (χ0) is 21.7. The van der Waals surface area contributed by atoms with E-state index in [9.17, 15) is 13.0 Å². The van der Waals surface area contributed by atoms with E-state index in [-0.39, 0.29) is 38.1 Å². The van der Waals surface area contributed by atoms with Gasteiger partial charge in [-0.3, -0.25) is 4.52 Å². The van der Waals surface area contributed by atoms with E-state index in [1.54, 1.807) is 6.92 Å². The molecule has 0 heterocycles. The molecule has 0 N–H and O–H groups in total. The van der Waals surface area contributed by atoms with E-state index in [1.165, 1.54) is 36.4 Å². The van der Waals surface area contributed by atoms with E-state index in [4.69, 9.17) is 48.0 Å². The van der Waals surface area contributed by atoms with Crippen LogP contribution in [0.4, 0.5) is 0 Å². The molecule has 0 aliphatic heterocycles. The highest BCUT2D eigenvalue weighted by Crippen LogP contribution is 2.60. The lowest BCUT2D eigenvalue weighted by Crippen LogP contribution is -2.10. The van der Waals surface area contributed by atoms with Gasteiger partial charge in [0, 0.05) is 11.8 Å². The molecule has 0 saturated heterocycles. The van der Waals surface area contributed by atoms with Gasteiger partial charge in [0.05, 0.1) is 21.7 Å². The van der Waals surface area contributed by atoms with Gasteiger partial charge in [-0.05, 0) is 55.1 Å². The van der Waals surface area contributed by atoms with E-state index in [0.29, 0.717) is 5.75 Å². The van der Waals surface area contributed by atoms with E-state index in [2.05, 4.69) is 0 Å². The van der Waals surface area contributed by atoms with Gasteiger partial charge in [0.25, 0.3) is 0 Å². The Morgan fingerprint density at radius 3 is 2.21 bits per heavy atom. The van der Waals surface area contributed by atoms with Crippen molar-refractivity contribution in [1.29, 1.82) is 0 Å². The lowest BCUT2D eigenvalue weighted by molar-refractivity contribution is 0.296. The molecule has 2 aromatic carbocycles. The van der Waals surface area contributed by atoms with Gasteiger partial charge in [0.15, 0.2) is 5.75 Å². The van der Waals surface area contributed by atoms with E-state index in [0.717, 1.165) is 17.8 Å². The molecule has 160 valence electrons. The molecule has 0 aliphatic carbocycles. The number of hydrogen-bond donors (Lipinski definition) is 0. The predicted octanol–water partition coefficient (Wildman–Crippen LogP) is 7.08. The number of hydrogen-bond acceptors (Lipinski definition) is 7. The summed E-state index contributed by atoms with van der Waals surface area (Å²) < 4.78 is 53.5. The maximum Gasteiger partial charge on any atom is 0.440 e. The maximum absolute atomic E-state index is 12.7. The fourth-order valence-electron chi connectivity index (χ4n) is 1.98. The molecule has 2 rings (SSSR count). The molecule has 0 radical (unpaired) electrons. The Morgan fingerprint density at radius 2 is 1.62 bits per heavy atom. The van der Waals surface area contributed by atoms with Crippen molar-refractivity contribution in [3.8, 4) is 11.5 Å². The van der Waals surface area contributed by atoms with Gasteiger partial charge >= 0.3 is 16.9 Å². The molecular formula is C17H18Cl3O6PS2. The van der Waals surface area contributed by atoms with Crippen molar-refractivity contribution >= 4 is 63.1 Å². The first-order valence-electron chi connectivity index (χ1n) is 8.38. The minimum atomic E-state index is -4.20. The first-order chi connectivity index (χ1) is 13.6. The van der Waals surface area contributed by atoms with Gasteiger partial charge in [-0.25, -0.2) is 4.57 Å². The van der Waals surface area contributed by atoms with Crippen molar-refractivity contribution in [1.82, 2.24) is 0 Å². The van der Waals surface area contributed by atoms with Crippen LogP contribution in [0.5, 0.6) is 11.5 Å². The van der Waals surface area contributed by atoms with Crippen LogP contribution in [0.25, 0.3) is 0 Å². The summed E-state index contributed by atoms with van der Waals surface area (Å²) in [5.74, 6) is 0.650. The van der Waals surface area contributed by atoms with Crippen LogP contribution >= 0.6 is 53.0 Å². The first-order valence-corrected chi connectivity index (χ1v) is 14.1. The quantitative estimate of drug-likeness (QED) is 0.188. The van der Waals surface area contributed by atoms with Crippen molar-refractivity contribution in [2.45, 2.75) is 25.2 Å². The minimum Gasteiger partial charge on any atom is -0.417 e. The SMILES string of the molecule is CCCSP(=O)(OCC)Oc1ccc(S(=O)(=O)Oc2cc(Cl)c(Cl)cc2Cl)cc1. The zero-order valence-electron chi connectivity index (χ0n) is 15.4. The molecule has 1 atom stereocenters. The third-order valence-electron chi connectivity index (χ3n) is 3.24. The van der Waals surface area contributed by atoms with Gasteiger partial charge in [-0.1, -0.05) is 41.7 Å². The summed E-state index contributed by atoms with van der Waals surface area (Å²) in [6.45, 7) is 0.487. The lowest BCUT2D eigenvalue weighted by Gasteiger charge is -2.17. The van der Waals surface area contributed by atoms with Crippen molar-refractivity contribution < 1.29 is 26.2 Å². The lowest BCUT2D eigenvalue weighted by atomic mass is 10.3. The average molecular weight is 520 g/mol. The summed E-state index contributed by atoms with van der Waals surface area (Å²) in [5, 5.41) is 0.261. The topological polar surface area (TPSA) is 78.9 Å². The molecule has 12 heteroatoms. The largest absolute Gasteiger partial charge is 0.440 e. The van der Waals surface area contributed by atoms with Gasteiger partial charge in [0.1, 0.15) is 10.6 Å². The molecule has 0 aromatic heterocycles. The Morgan fingerprint density at radius 1 is 1.00 bits per heavy atom. The van der Waals surface area contributed by atoms with Crippen LogP contribution in [0.2, 0.25) is 15.1 Å². The molecule has 6 nitrogen and oxygen atoms in total. The highest BCUT2D eigenvalue weighted by Gasteiger charge is 2.27. The highest BCUT2D eigenvalue weighted by molar-refractivity contribution is 8.55. The average Bonchev–Trinajstić information content (AvgIpc) is 2.65. The molecule has 0 fully saturated rings. The highest BCUT2D eigenvalue weighted by atomic mass is 35.5. The summed E-state index contributed by atoms with van der Waals surface area (Å²) in [7, 11) is -4.20. The minimum absolute atomic E-state index is 0.00599. The second kappa shape index (κ2) is 10.6. The van der Waals surface area contributed by atoms with Gasteiger partial charge < -0.3 is 8.71 Å². The van der Waals surface area contributed by atoms with E-state index >= 15 is 0 Å². The second-order valence-electron chi connectivity index (χ2n) is 5.50. The maximum atomic E-state index is 12.7. The van der Waals surface area contributed by atoms with Gasteiger partial charge in [-0.15, -0.1) is 0 Å². The van der Waals surface area contributed by atoms with Crippen LogP contribution in [0.15, 0.2) is 41.3 Å². The molecule has 0 aliphatic rings. The summed E-state index contributed by atoms with van der Waals surface area (Å²) in [6.07, 6.45) is 0.802. The van der Waals surface area contributed by atoms with Crippen LogP contribution in [0.3, 0.4) is 0 Å². The fourth-order valence-corrected chi connectivity index (χ4v) is 7.00. The molecule has 1 unspecified atom stereocenters. The van der Waals surface area contributed by atoms with Crippen molar-refractivity contribution in [3.63, 3.8) is 0 Å². The Kier molecular flexibility index (Phi) is 9.04. The summed E-state index contributed by atoms with van der Waals surface area (Å²) in [5.41, 5.74) is 0. The predicted molar refractivity (Wildman–Crippen MR) is 118 cm³/mol. The molecule has 0 spiro atoms. The zero-order valence-corrected chi connectivity index (χ0v) is 20.2. The van der Waals surface area contributed by atoms with Gasteiger partial charge in [-0.2, -0.15) is 8.42 Å². The Hall–Kier alpha value is -0.600. The van der Waals surface area contributed by atoms with Crippen molar-refractivity contribution in [2.75, 3.05) is 12.4 Å². The summed E-state index contributed by atoms with van der Waals surface area (Å²) in [4.78, 5) is -0.153. The van der Waals surface area contributed by atoms with Crippen molar-refractivity contribution in [2.24, 2.45) is 0 Å². The van der Waals surface area contributed by atoms with Crippen LogP contribution in [-0.4, -0.2) is 20.8 Å². The first kappa shape index (κ1) is 24.7. The van der Waals surface area contributed by atoms with E-state index in [1.807, 2.05) is 6.92 Å². The molecular weight excluding hydrogens is 502 g/mol. The van der Waals surface area contributed by atoms with Crippen LogP contribution in [-0.2, 0) is 19.2 Å². The normalized spacial score (nSPS) is 13.7. The standard InChI is InChI=1S/C17H18Cl3O6PS2/c1-3-9-28-27(21,24-4-2)25-12-5-7-13(8-6-12)29(22,23)26-17-11-15(19)14(18)10-16(17)20/h5-8,10-11H,3-4,9H2,1-2H3. The molecule has 0 bridgehead atoms. The van der Waals surface area contributed by atoms with Gasteiger partial charge in [0.2, 0.25) is 0 Å². The Balaban J connectivity index is 2.20. The van der Waals surface area contributed by atoms with Crippen molar-refractivity contribution in [3.05, 3.63) is 51.5 Å².